The number of aldehydes is 1. The smallest absolute Gasteiger partial charge is 0.253 e. The summed E-state index contributed by atoms with van der Waals surface area (Å²) < 4.78 is 29.9. The quantitative estimate of drug-likeness (QED) is 0.644. The van der Waals surface area contributed by atoms with Gasteiger partial charge >= 0.3 is 0 Å². The van der Waals surface area contributed by atoms with Crippen molar-refractivity contribution < 1.29 is 18.7 Å². The Morgan fingerprint density at radius 1 is 1.26 bits per heavy atom. The zero-order valence-electron chi connectivity index (χ0n) is 16.7. The van der Waals surface area contributed by atoms with Gasteiger partial charge in [0.05, 0.1) is 0 Å². The molecule has 0 spiro atoms. The summed E-state index contributed by atoms with van der Waals surface area (Å²) in [6, 6.07) is 5.56. The summed E-state index contributed by atoms with van der Waals surface area (Å²) in [5.74, 6) is -1.84. The first kappa shape index (κ1) is 20.3. The monoisotopic (exact) mass is 378 g/mol. The lowest BCUT2D eigenvalue weighted by atomic mass is 9.53. The highest BCUT2D eigenvalue weighted by Crippen LogP contribution is 2.68. The van der Waals surface area contributed by atoms with Gasteiger partial charge < -0.3 is 9.90 Å². The van der Waals surface area contributed by atoms with Gasteiger partial charge in [-0.05, 0) is 79.0 Å². The maximum Gasteiger partial charge on any atom is 0.253 e. The van der Waals surface area contributed by atoms with E-state index in [1.165, 1.54) is 11.1 Å². The largest absolute Gasteiger partial charge is 0.508 e. The van der Waals surface area contributed by atoms with Crippen molar-refractivity contribution in [3.8, 4) is 5.75 Å². The number of hydrogen-bond donors (Lipinski definition) is 1. The Bertz CT molecular complexity index is 687. The molecule has 1 aromatic rings. The van der Waals surface area contributed by atoms with Crippen molar-refractivity contribution in [2.75, 3.05) is 0 Å². The highest BCUT2D eigenvalue weighted by molar-refractivity contribution is 5.49. The summed E-state index contributed by atoms with van der Waals surface area (Å²) in [4.78, 5) is 10.8. The molecule has 4 rings (SSSR count). The van der Waals surface area contributed by atoms with Crippen molar-refractivity contribution in [2.24, 2.45) is 23.2 Å². The van der Waals surface area contributed by atoms with Crippen molar-refractivity contribution in [1.82, 2.24) is 0 Å². The molecule has 1 aromatic carbocycles. The number of carbonyl (C=O) groups excluding carboxylic acids is 1. The topological polar surface area (TPSA) is 37.3 Å². The summed E-state index contributed by atoms with van der Waals surface area (Å²) >= 11 is 0. The molecule has 0 saturated heterocycles. The Labute approximate surface area is 161 Å². The van der Waals surface area contributed by atoms with E-state index in [0.717, 1.165) is 25.5 Å². The first-order valence-corrected chi connectivity index (χ1v) is 10.5. The van der Waals surface area contributed by atoms with Crippen LogP contribution in [0.25, 0.3) is 0 Å². The van der Waals surface area contributed by atoms with E-state index in [1.54, 1.807) is 13.0 Å². The van der Waals surface area contributed by atoms with Gasteiger partial charge in [0.1, 0.15) is 12.0 Å². The number of fused-ring (bicyclic) bond motifs is 5. The fourth-order valence-corrected chi connectivity index (χ4v) is 6.37. The van der Waals surface area contributed by atoms with Crippen molar-refractivity contribution in [3.05, 3.63) is 29.3 Å². The molecule has 0 radical (unpaired) electrons. The van der Waals surface area contributed by atoms with Crippen LogP contribution in [-0.4, -0.2) is 17.3 Å². The third-order valence-electron chi connectivity index (χ3n) is 7.48. The Balaban J connectivity index is 0.00000102. The van der Waals surface area contributed by atoms with Crippen molar-refractivity contribution in [3.63, 3.8) is 0 Å². The van der Waals surface area contributed by atoms with E-state index < -0.39 is 11.3 Å². The zero-order valence-corrected chi connectivity index (χ0v) is 16.7. The van der Waals surface area contributed by atoms with Gasteiger partial charge in [0.15, 0.2) is 0 Å². The predicted octanol–water partition coefficient (Wildman–Crippen LogP) is 6.12. The van der Waals surface area contributed by atoms with Crippen molar-refractivity contribution in [1.29, 1.82) is 0 Å². The summed E-state index contributed by atoms with van der Waals surface area (Å²) in [6.07, 6.45) is 4.88. The average Bonchev–Trinajstić information content (AvgIpc) is 2.86. The van der Waals surface area contributed by atoms with Gasteiger partial charge in [-0.15, -0.1) is 0 Å². The standard InChI is InChI=1S/C21H26F2O2.C2H6/c1-20-9-8-17-16-7-5-15(25)11-13(16)4-6-18(17)19(20)14(3-2-10-24)12-21(20,22)23;1-2/h5,7,10-11,14,17-19,25H,2-4,6,8-9,12H2,1H3;1-2H3. The Morgan fingerprint density at radius 2 is 2.00 bits per heavy atom. The first-order valence-electron chi connectivity index (χ1n) is 10.5. The third-order valence-corrected chi connectivity index (χ3v) is 7.48. The Kier molecular flexibility index (Phi) is 5.65. The number of aryl methyl sites for hydroxylation is 1. The lowest BCUT2D eigenvalue weighted by Crippen LogP contribution is -2.47. The molecule has 3 aliphatic rings. The highest BCUT2D eigenvalue weighted by Gasteiger charge is 2.66. The van der Waals surface area contributed by atoms with Gasteiger partial charge in [-0.3, -0.25) is 0 Å². The number of hydrogen-bond acceptors (Lipinski definition) is 2. The van der Waals surface area contributed by atoms with Crippen LogP contribution in [0.2, 0.25) is 0 Å². The lowest BCUT2D eigenvalue weighted by Gasteiger charge is -2.51. The van der Waals surface area contributed by atoms with Gasteiger partial charge in [-0.2, -0.15) is 0 Å². The molecule has 5 atom stereocenters. The first-order chi connectivity index (χ1) is 12.9. The van der Waals surface area contributed by atoms with E-state index in [2.05, 4.69) is 0 Å². The maximum atomic E-state index is 14.9. The number of phenols is 1. The SMILES string of the molecule is CC.CC12CCC3c4ccc(O)cc4CCC3C1C(CCC=O)CC2(F)F. The molecule has 0 aliphatic heterocycles. The van der Waals surface area contributed by atoms with E-state index in [1.807, 2.05) is 26.0 Å². The molecule has 2 nitrogen and oxygen atoms in total. The predicted molar refractivity (Wildman–Crippen MR) is 103 cm³/mol. The molecule has 0 amide bonds. The number of phenolic OH excluding ortho intramolecular Hbond substituents is 1. The van der Waals surface area contributed by atoms with Gasteiger partial charge in [0.2, 0.25) is 0 Å². The molecule has 1 N–H and O–H groups in total. The number of carbonyl (C=O) groups is 1. The second kappa shape index (κ2) is 7.52. The van der Waals surface area contributed by atoms with Crippen LogP contribution in [0, 0.1) is 23.2 Å². The highest BCUT2D eigenvalue weighted by atomic mass is 19.3. The number of halogens is 2. The van der Waals surface area contributed by atoms with Crippen LogP contribution in [0.1, 0.15) is 76.3 Å². The van der Waals surface area contributed by atoms with Gasteiger partial charge in [0, 0.05) is 18.3 Å². The van der Waals surface area contributed by atoms with Gasteiger partial charge in [-0.25, -0.2) is 8.78 Å². The van der Waals surface area contributed by atoms with Crippen LogP contribution in [0.5, 0.6) is 5.75 Å². The molecule has 0 aromatic heterocycles. The molecule has 3 aliphatic carbocycles. The summed E-state index contributed by atoms with van der Waals surface area (Å²) in [7, 11) is 0. The molecule has 2 fully saturated rings. The Morgan fingerprint density at radius 3 is 2.70 bits per heavy atom. The number of rotatable bonds is 3. The fourth-order valence-electron chi connectivity index (χ4n) is 6.37. The molecule has 4 heteroatoms. The summed E-state index contributed by atoms with van der Waals surface area (Å²) in [5, 5.41) is 9.75. The fraction of sp³-hybridized carbons (Fsp3) is 0.696. The van der Waals surface area contributed by atoms with Crippen LogP contribution >= 0.6 is 0 Å². The second-order valence-electron chi connectivity index (χ2n) is 8.59. The van der Waals surface area contributed by atoms with Crippen LogP contribution in [0.4, 0.5) is 8.78 Å². The maximum absolute atomic E-state index is 14.9. The van der Waals surface area contributed by atoms with E-state index in [9.17, 15) is 18.7 Å². The molecule has 150 valence electrons. The van der Waals surface area contributed by atoms with E-state index in [-0.39, 0.29) is 29.9 Å². The minimum Gasteiger partial charge on any atom is -0.508 e. The molecule has 5 unspecified atom stereocenters. The molecule has 27 heavy (non-hydrogen) atoms. The number of alkyl halides is 2. The molecule has 2 saturated carbocycles. The molecular weight excluding hydrogens is 346 g/mol. The minimum absolute atomic E-state index is 0.0110. The van der Waals surface area contributed by atoms with Crippen molar-refractivity contribution in [2.45, 2.75) is 77.6 Å². The van der Waals surface area contributed by atoms with Crippen molar-refractivity contribution >= 4 is 6.29 Å². The number of benzene rings is 1. The van der Waals surface area contributed by atoms with Crippen LogP contribution in [0.3, 0.4) is 0 Å². The second-order valence-corrected chi connectivity index (χ2v) is 8.59. The zero-order chi connectivity index (χ0) is 19.8. The van der Waals surface area contributed by atoms with E-state index >= 15 is 0 Å². The normalized spacial score (nSPS) is 35.9. The number of aromatic hydroxyl groups is 1. The minimum atomic E-state index is -2.63. The van der Waals surface area contributed by atoms with Crippen LogP contribution in [-0.2, 0) is 11.2 Å². The van der Waals surface area contributed by atoms with Crippen LogP contribution < -0.4 is 0 Å². The van der Waals surface area contributed by atoms with Crippen LogP contribution in [0.15, 0.2) is 18.2 Å². The Hall–Kier alpha value is -1.45. The van der Waals surface area contributed by atoms with E-state index in [0.29, 0.717) is 25.2 Å². The third kappa shape index (κ3) is 3.19. The lowest BCUT2D eigenvalue weighted by molar-refractivity contribution is -0.133. The van der Waals surface area contributed by atoms with E-state index in [4.69, 9.17) is 0 Å². The molecule has 0 bridgehead atoms. The average molecular weight is 379 g/mol. The summed E-state index contributed by atoms with van der Waals surface area (Å²) in [5.41, 5.74) is 1.50. The molecule has 0 heterocycles. The molecular formula is C23H32F2O2. The van der Waals surface area contributed by atoms with Gasteiger partial charge in [-0.1, -0.05) is 26.8 Å². The summed E-state index contributed by atoms with van der Waals surface area (Å²) in [6.45, 7) is 5.79. The van der Waals surface area contributed by atoms with Gasteiger partial charge in [0.25, 0.3) is 5.92 Å².